The standard InChI is InChI=1S/C19H24N2O6S/c1-2-20(16-9-11-28(25,26)13-16)18(23)12-27-19(24)14-5-7-15(8-6-14)21-10-3-4-17(21)22/h5-8,16H,2-4,9-13H2,1H3/t16-/m1/s1. The molecule has 0 bridgehead atoms. The van der Waals surface area contributed by atoms with Gasteiger partial charge in [0.2, 0.25) is 5.91 Å². The number of esters is 1. The summed E-state index contributed by atoms with van der Waals surface area (Å²) in [5.74, 6) is -0.945. The van der Waals surface area contributed by atoms with Gasteiger partial charge < -0.3 is 14.5 Å². The molecule has 9 heteroatoms. The number of anilines is 1. The Hall–Kier alpha value is -2.42. The third-order valence-electron chi connectivity index (χ3n) is 5.13. The van der Waals surface area contributed by atoms with E-state index in [1.807, 2.05) is 0 Å². The largest absolute Gasteiger partial charge is 0.452 e. The van der Waals surface area contributed by atoms with Gasteiger partial charge >= 0.3 is 5.97 Å². The maximum Gasteiger partial charge on any atom is 0.338 e. The number of carbonyl (C=O) groups excluding carboxylic acids is 3. The Morgan fingerprint density at radius 1 is 1.25 bits per heavy atom. The van der Waals surface area contributed by atoms with Crippen molar-refractivity contribution in [3.8, 4) is 0 Å². The van der Waals surface area contributed by atoms with Crippen molar-refractivity contribution < 1.29 is 27.5 Å². The van der Waals surface area contributed by atoms with Gasteiger partial charge in [-0.25, -0.2) is 13.2 Å². The minimum Gasteiger partial charge on any atom is -0.452 e. The van der Waals surface area contributed by atoms with Gasteiger partial charge in [0.15, 0.2) is 16.4 Å². The second-order valence-electron chi connectivity index (χ2n) is 7.01. The highest BCUT2D eigenvalue weighted by molar-refractivity contribution is 7.91. The lowest BCUT2D eigenvalue weighted by atomic mass is 10.2. The molecule has 28 heavy (non-hydrogen) atoms. The maximum atomic E-state index is 12.4. The predicted molar refractivity (Wildman–Crippen MR) is 103 cm³/mol. The van der Waals surface area contributed by atoms with Gasteiger partial charge in [-0.05, 0) is 44.0 Å². The molecule has 1 aromatic rings. The van der Waals surface area contributed by atoms with E-state index in [1.165, 1.54) is 4.90 Å². The zero-order valence-corrected chi connectivity index (χ0v) is 16.6. The van der Waals surface area contributed by atoms with Crippen molar-refractivity contribution in [2.24, 2.45) is 0 Å². The number of rotatable bonds is 6. The minimum absolute atomic E-state index is 0.0444. The monoisotopic (exact) mass is 408 g/mol. The summed E-state index contributed by atoms with van der Waals surface area (Å²) in [6.45, 7) is 2.36. The van der Waals surface area contributed by atoms with Crippen molar-refractivity contribution >= 4 is 33.3 Å². The van der Waals surface area contributed by atoms with Gasteiger partial charge in [-0.2, -0.15) is 0 Å². The normalized spacial score (nSPS) is 21.0. The van der Waals surface area contributed by atoms with E-state index in [0.717, 1.165) is 12.1 Å². The van der Waals surface area contributed by atoms with E-state index in [2.05, 4.69) is 0 Å². The third-order valence-corrected chi connectivity index (χ3v) is 6.88. The molecule has 0 spiro atoms. The summed E-state index contributed by atoms with van der Waals surface area (Å²) in [5.41, 5.74) is 1.02. The van der Waals surface area contributed by atoms with Crippen LogP contribution >= 0.6 is 0 Å². The number of hydrogen-bond acceptors (Lipinski definition) is 6. The first-order chi connectivity index (χ1) is 13.3. The SMILES string of the molecule is CCN(C(=O)COC(=O)c1ccc(N2CCCC2=O)cc1)[C@@H]1CCS(=O)(=O)C1. The fraction of sp³-hybridized carbons (Fsp3) is 0.526. The number of sulfone groups is 1. The van der Waals surface area contributed by atoms with Gasteiger partial charge in [-0.15, -0.1) is 0 Å². The van der Waals surface area contributed by atoms with E-state index >= 15 is 0 Å². The van der Waals surface area contributed by atoms with Gasteiger partial charge in [0.05, 0.1) is 17.1 Å². The zero-order chi connectivity index (χ0) is 20.3. The van der Waals surface area contributed by atoms with E-state index in [1.54, 1.807) is 36.1 Å². The number of ether oxygens (including phenoxy) is 1. The first kappa shape index (κ1) is 20.3. The van der Waals surface area contributed by atoms with Crippen LogP contribution in [0, 0.1) is 0 Å². The van der Waals surface area contributed by atoms with E-state index in [-0.39, 0.29) is 29.0 Å². The molecule has 3 rings (SSSR count). The second kappa shape index (κ2) is 8.30. The molecular weight excluding hydrogens is 384 g/mol. The van der Waals surface area contributed by atoms with Crippen LogP contribution in [0.3, 0.4) is 0 Å². The number of hydrogen-bond donors (Lipinski definition) is 0. The number of benzene rings is 1. The van der Waals surface area contributed by atoms with Crippen LogP contribution in [0.1, 0.15) is 36.5 Å². The molecular formula is C19H24N2O6S. The molecule has 0 saturated carbocycles. The molecule has 2 heterocycles. The first-order valence-electron chi connectivity index (χ1n) is 9.38. The number of amides is 2. The molecule has 8 nitrogen and oxygen atoms in total. The van der Waals surface area contributed by atoms with Gasteiger partial charge in [-0.3, -0.25) is 9.59 Å². The third kappa shape index (κ3) is 4.52. The van der Waals surface area contributed by atoms with Crippen LogP contribution in [0.5, 0.6) is 0 Å². The summed E-state index contributed by atoms with van der Waals surface area (Å²) in [6.07, 6.45) is 1.76. The summed E-state index contributed by atoms with van der Waals surface area (Å²) in [7, 11) is -3.10. The molecule has 0 unspecified atom stereocenters. The van der Waals surface area contributed by atoms with E-state index in [0.29, 0.717) is 25.9 Å². The molecule has 2 saturated heterocycles. The summed E-state index contributed by atoms with van der Waals surface area (Å²) in [6, 6.07) is 6.13. The first-order valence-corrected chi connectivity index (χ1v) is 11.2. The lowest BCUT2D eigenvalue weighted by Gasteiger charge is -2.26. The number of carbonyl (C=O) groups is 3. The average Bonchev–Trinajstić information content (AvgIpc) is 3.25. The van der Waals surface area contributed by atoms with Crippen molar-refractivity contribution in [2.75, 3.05) is 36.1 Å². The van der Waals surface area contributed by atoms with Crippen molar-refractivity contribution in [1.82, 2.24) is 4.90 Å². The van der Waals surface area contributed by atoms with Crippen LogP contribution in [0.15, 0.2) is 24.3 Å². The lowest BCUT2D eigenvalue weighted by Crippen LogP contribution is -2.43. The molecule has 1 atom stereocenters. The van der Waals surface area contributed by atoms with Gasteiger partial charge in [-0.1, -0.05) is 0 Å². The van der Waals surface area contributed by atoms with E-state index < -0.39 is 28.3 Å². The Kier molecular flexibility index (Phi) is 6.02. The topological polar surface area (TPSA) is 101 Å². The van der Waals surface area contributed by atoms with Crippen LogP contribution in [0.4, 0.5) is 5.69 Å². The van der Waals surface area contributed by atoms with Crippen LogP contribution in [-0.2, 0) is 24.2 Å². The summed E-state index contributed by atoms with van der Waals surface area (Å²) >= 11 is 0. The summed E-state index contributed by atoms with van der Waals surface area (Å²) in [4.78, 5) is 39.5. The highest BCUT2D eigenvalue weighted by Gasteiger charge is 2.34. The van der Waals surface area contributed by atoms with Crippen molar-refractivity contribution in [3.63, 3.8) is 0 Å². The fourth-order valence-corrected chi connectivity index (χ4v) is 5.38. The highest BCUT2D eigenvalue weighted by atomic mass is 32.2. The second-order valence-corrected chi connectivity index (χ2v) is 9.24. The molecule has 2 aliphatic rings. The highest BCUT2D eigenvalue weighted by Crippen LogP contribution is 2.22. The van der Waals surface area contributed by atoms with Crippen LogP contribution in [-0.4, -0.2) is 68.3 Å². The Labute approximate surface area is 164 Å². The summed E-state index contributed by atoms with van der Waals surface area (Å²) in [5, 5.41) is 0. The Morgan fingerprint density at radius 2 is 1.96 bits per heavy atom. The number of likely N-dealkylation sites (N-methyl/N-ethyl adjacent to an activating group) is 1. The predicted octanol–water partition coefficient (Wildman–Crippen LogP) is 1.01. The van der Waals surface area contributed by atoms with Gasteiger partial charge in [0.1, 0.15) is 0 Å². The minimum atomic E-state index is -3.10. The molecule has 1 aromatic carbocycles. The zero-order valence-electron chi connectivity index (χ0n) is 15.8. The van der Waals surface area contributed by atoms with E-state index in [4.69, 9.17) is 4.74 Å². The molecule has 0 radical (unpaired) electrons. The quantitative estimate of drug-likeness (QED) is 0.651. The van der Waals surface area contributed by atoms with Crippen LogP contribution in [0.25, 0.3) is 0 Å². The van der Waals surface area contributed by atoms with E-state index in [9.17, 15) is 22.8 Å². The Balaban J connectivity index is 1.55. The maximum absolute atomic E-state index is 12.4. The Morgan fingerprint density at radius 3 is 2.50 bits per heavy atom. The van der Waals surface area contributed by atoms with Crippen LogP contribution < -0.4 is 4.90 Å². The lowest BCUT2D eigenvalue weighted by molar-refractivity contribution is -0.136. The fourth-order valence-electron chi connectivity index (χ4n) is 3.65. The Bertz CT molecular complexity index is 865. The summed E-state index contributed by atoms with van der Waals surface area (Å²) < 4.78 is 28.4. The molecule has 2 aliphatic heterocycles. The molecule has 2 fully saturated rings. The van der Waals surface area contributed by atoms with Crippen molar-refractivity contribution in [1.29, 1.82) is 0 Å². The molecule has 0 aromatic heterocycles. The molecule has 0 aliphatic carbocycles. The van der Waals surface area contributed by atoms with Crippen molar-refractivity contribution in [3.05, 3.63) is 29.8 Å². The van der Waals surface area contributed by atoms with Crippen molar-refractivity contribution in [2.45, 2.75) is 32.2 Å². The molecule has 0 N–H and O–H groups in total. The molecule has 152 valence electrons. The number of nitrogens with zero attached hydrogens (tertiary/aromatic N) is 2. The van der Waals surface area contributed by atoms with Gasteiger partial charge in [0, 0.05) is 31.2 Å². The molecule has 2 amide bonds. The smallest absolute Gasteiger partial charge is 0.338 e. The average molecular weight is 408 g/mol. The van der Waals surface area contributed by atoms with Crippen LogP contribution in [0.2, 0.25) is 0 Å². The van der Waals surface area contributed by atoms with Gasteiger partial charge in [0.25, 0.3) is 5.91 Å².